The summed E-state index contributed by atoms with van der Waals surface area (Å²) < 4.78 is 39.1. The molecule has 1 atom stereocenters. The first-order valence-corrected chi connectivity index (χ1v) is 10.2. The maximum atomic E-state index is 13.0. The molecule has 1 aromatic rings. The fraction of sp³-hybridized carbons (Fsp3) is 0.571. The van der Waals surface area contributed by atoms with Crippen LogP contribution in [0.2, 0.25) is 0 Å². The Morgan fingerprint density at radius 3 is 2.43 bits per heavy atom. The largest absolute Gasteiger partial charge is 0.416 e. The molecule has 0 spiro atoms. The van der Waals surface area contributed by atoms with Gasteiger partial charge in [-0.25, -0.2) is 4.79 Å². The van der Waals surface area contributed by atoms with E-state index in [0.717, 1.165) is 55.6 Å². The van der Waals surface area contributed by atoms with Crippen molar-refractivity contribution in [1.82, 2.24) is 15.5 Å². The Balaban J connectivity index is 1.70. The van der Waals surface area contributed by atoms with Crippen molar-refractivity contribution in [3.63, 3.8) is 0 Å². The van der Waals surface area contributed by atoms with Crippen molar-refractivity contribution < 1.29 is 27.6 Å². The van der Waals surface area contributed by atoms with Gasteiger partial charge in [0, 0.05) is 6.04 Å². The molecule has 30 heavy (non-hydrogen) atoms. The van der Waals surface area contributed by atoms with E-state index in [1.165, 1.54) is 25.5 Å². The molecule has 2 aliphatic rings. The molecule has 3 rings (SSSR count). The predicted molar refractivity (Wildman–Crippen MR) is 103 cm³/mol. The number of urea groups is 1. The van der Waals surface area contributed by atoms with Gasteiger partial charge >= 0.3 is 12.2 Å². The molecule has 2 N–H and O–H groups in total. The standard InChI is InChI=1S/C21H26F3N3O3/c1-20(14-8-7-9-15(12-14)21(22,23)24)18(29)27(19(30)26-20)13-17(28)25-16-10-5-3-2-4-6-11-16/h7-9,12,16H,2-6,10-11,13H2,1H3,(H,25,28)(H,26,30)/t20-/m1/s1. The van der Waals surface area contributed by atoms with Crippen molar-refractivity contribution in [3.05, 3.63) is 35.4 Å². The number of carbonyl (C=O) groups is 3. The monoisotopic (exact) mass is 425 g/mol. The van der Waals surface area contributed by atoms with Crippen LogP contribution < -0.4 is 10.6 Å². The lowest BCUT2D eigenvalue weighted by Gasteiger charge is -2.24. The highest BCUT2D eigenvalue weighted by molar-refractivity contribution is 6.09. The van der Waals surface area contributed by atoms with Gasteiger partial charge in [-0.05, 0) is 37.5 Å². The minimum Gasteiger partial charge on any atom is -0.352 e. The van der Waals surface area contributed by atoms with Gasteiger partial charge in [0.25, 0.3) is 5.91 Å². The summed E-state index contributed by atoms with van der Waals surface area (Å²) in [5, 5.41) is 5.33. The van der Waals surface area contributed by atoms with Gasteiger partial charge in [0.1, 0.15) is 12.1 Å². The fourth-order valence-corrected chi connectivity index (χ4v) is 4.06. The van der Waals surface area contributed by atoms with Crippen LogP contribution in [0.3, 0.4) is 0 Å². The third kappa shape index (κ3) is 4.76. The van der Waals surface area contributed by atoms with Gasteiger partial charge in [-0.15, -0.1) is 0 Å². The van der Waals surface area contributed by atoms with Crippen LogP contribution in [0.25, 0.3) is 0 Å². The lowest BCUT2D eigenvalue weighted by molar-refractivity contribution is -0.138. The molecule has 0 bridgehead atoms. The number of imide groups is 1. The molecule has 164 valence electrons. The van der Waals surface area contributed by atoms with Gasteiger partial charge in [-0.1, -0.05) is 44.2 Å². The summed E-state index contributed by atoms with van der Waals surface area (Å²) in [5.41, 5.74) is -2.57. The minimum atomic E-state index is -4.57. The van der Waals surface area contributed by atoms with E-state index < -0.39 is 41.7 Å². The van der Waals surface area contributed by atoms with E-state index in [2.05, 4.69) is 10.6 Å². The van der Waals surface area contributed by atoms with Gasteiger partial charge in [-0.3, -0.25) is 14.5 Å². The van der Waals surface area contributed by atoms with Crippen molar-refractivity contribution in [2.45, 2.75) is 69.6 Å². The summed E-state index contributed by atoms with van der Waals surface area (Å²) in [5.74, 6) is -1.20. The highest BCUT2D eigenvalue weighted by Gasteiger charge is 2.50. The number of hydrogen-bond acceptors (Lipinski definition) is 3. The predicted octanol–water partition coefficient (Wildman–Crippen LogP) is 3.70. The second kappa shape index (κ2) is 8.65. The minimum absolute atomic E-state index is 0.00779. The number of hydrogen-bond donors (Lipinski definition) is 2. The molecule has 0 aromatic heterocycles. The highest BCUT2D eigenvalue weighted by atomic mass is 19.4. The van der Waals surface area contributed by atoms with Crippen LogP contribution in [-0.2, 0) is 21.3 Å². The van der Waals surface area contributed by atoms with Crippen LogP contribution in [0.15, 0.2) is 24.3 Å². The fourth-order valence-electron chi connectivity index (χ4n) is 4.06. The zero-order chi connectivity index (χ0) is 21.9. The first-order valence-electron chi connectivity index (χ1n) is 10.2. The normalized spacial score (nSPS) is 23.7. The molecule has 1 aliphatic carbocycles. The number of amides is 4. The Morgan fingerprint density at radius 2 is 1.80 bits per heavy atom. The lowest BCUT2D eigenvalue weighted by Crippen LogP contribution is -2.45. The van der Waals surface area contributed by atoms with Gasteiger partial charge in [0.05, 0.1) is 5.56 Å². The van der Waals surface area contributed by atoms with E-state index in [4.69, 9.17) is 0 Å². The Labute approximate surface area is 173 Å². The number of benzene rings is 1. The first kappa shape index (κ1) is 22.1. The molecule has 1 aromatic carbocycles. The van der Waals surface area contributed by atoms with E-state index in [-0.39, 0.29) is 11.6 Å². The number of carbonyl (C=O) groups excluding carboxylic acids is 3. The van der Waals surface area contributed by atoms with Crippen LogP contribution in [-0.4, -0.2) is 35.3 Å². The van der Waals surface area contributed by atoms with Gasteiger partial charge in [-0.2, -0.15) is 13.2 Å². The van der Waals surface area contributed by atoms with Crippen molar-refractivity contribution in [1.29, 1.82) is 0 Å². The quantitative estimate of drug-likeness (QED) is 0.722. The summed E-state index contributed by atoms with van der Waals surface area (Å²) in [6.45, 7) is 0.880. The number of rotatable bonds is 4. The van der Waals surface area contributed by atoms with Gasteiger partial charge in [0.2, 0.25) is 5.91 Å². The molecule has 9 heteroatoms. The maximum Gasteiger partial charge on any atom is 0.416 e. The Hall–Kier alpha value is -2.58. The molecule has 2 fully saturated rings. The molecular formula is C21H26F3N3O3. The average molecular weight is 425 g/mol. The third-order valence-electron chi connectivity index (χ3n) is 5.81. The summed E-state index contributed by atoms with van der Waals surface area (Å²) in [6, 6.07) is 3.49. The summed E-state index contributed by atoms with van der Waals surface area (Å²) >= 11 is 0. The Bertz CT molecular complexity index is 819. The maximum absolute atomic E-state index is 13.0. The zero-order valence-corrected chi connectivity index (χ0v) is 16.8. The van der Waals surface area contributed by atoms with Crippen LogP contribution in [0.5, 0.6) is 0 Å². The number of alkyl halides is 3. The van der Waals surface area contributed by atoms with Crippen LogP contribution >= 0.6 is 0 Å². The Morgan fingerprint density at radius 1 is 1.17 bits per heavy atom. The average Bonchev–Trinajstić information content (AvgIpc) is 2.87. The molecule has 6 nitrogen and oxygen atoms in total. The lowest BCUT2D eigenvalue weighted by atomic mass is 9.90. The van der Waals surface area contributed by atoms with E-state index in [1.54, 1.807) is 0 Å². The van der Waals surface area contributed by atoms with E-state index in [0.29, 0.717) is 0 Å². The van der Waals surface area contributed by atoms with Crippen LogP contribution in [0.1, 0.15) is 63.0 Å². The van der Waals surface area contributed by atoms with Crippen molar-refractivity contribution >= 4 is 17.8 Å². The number of nitrogens with one attached hydrogen (secondary N) is 2. The molecule has 0 radical (unpaired) electrons. The highest BCUT2D eigenvalue weighted by Crippen LogP contribution is 2.34. The SMILES string of the molecule is C[C@]1(c2cccc(C(F)(F)F)c2)NC(=O)N(CC(=O)NC2CCCCCCC2)C1=O. The molecule has 1 saturated carbocycles. The number of nitrogens with zero attached hydrogens (tertiary/aromatic N) is 1. The smallest absolute Gasteiger partial charge is 0.352 e. The number of halogens is 3. The topological polar surface area (TPSA) is 78.5 Å². The van der Waals surface area contributed by atoms with Crippen LogP contribution in [0.4, 0.5) is 18.0 Å². The molecule has 4 amide bonds. The van der Waals surface area contributed by atoms with Crippen molar-refractivity contribution in [2.24, 2.45) is 0 Å². The van der Waals surface area contributed by atoms with Crippen molar-refractivity contribution in [3.8, 4) is 0 Å². The molecule has 1 heterocycles. The third-order valence-corrected chi connectivity index (χ3v) is 5.81. The summed E-state index contributed by atoms with van der Waals surface area (Å²) in [6.07, 6.45) is 2.60. The molecule has 0 unspecified atom stereocenters. The second-order valence-corrected chi connectivity index (χ2v) is 8.13. The zero-order valence-electron chi connectivity index (χ0n) is 16.8. The molecular weight excluding hydrogens is 399 g/mol. The van der Waals surface area contributed by atoms with Gasteiger partial charge < -0.3 is 10.6 Å². The first-order chi connectivity index (χ1) is 14.1. The second-order valence-electron chi connectivity index (χ2n) is 8.13. The summed E-state index contributed by atoms with van der Waals surface area (Å²) in [4.78, 5) is 38.5. The van der Waals surface area contributed by atoms with E-state index in [9.17, 15) is 27.6 Å². The summed E-state index contributed by atoms with van der Waals surface area (Å²) in [7, 11) is 0. The van der Waals surface area contributed by atoms with Crippen molar-refractivity contribution in [2.75, 3.05) is 6.54 Å². The van der Waals surface area contributed by atoms with Gasteiger partial charge in [0.15, 0.2) is 0 Å². The molecule has 1 saturated heterocycles. The van der Waals surface area contributed by atoms with E-state index >= 15 is 0 Å². The molecule has 1 aliphatic heterocycles. The Kier molecular flexibility index (Phi) is 6.38. The van der Waals surface area contributed by atoms with E-state index in [1.807, 2.05) is 0 Å². The van der Waals surface area contributed by atoms with Crippen LogP contribution in [0, 0.1) is 0 Å².